The number of hydrogen-bond acceptors (Lipinski definition) is 4. The van der Waals surface area contributed by atoms with E-state index in [0.29, 0.717) is 26.2 Å². The van der Waals surface area contributed by atoms with Gasteiger partial charge in [0.15, 0.2) is 0 Å². The van der Waals surface area contributed by atoms with Crippen LogP contribution in [0.5, 0.6) is 0 Å². The SMILES string of the molecule is CC(C)N(C)S(=O)(=O)c1cccc(C(=O)N2CCN(C(=O)c3cccc(F)c3)CC2)c1. The maximum Gasteiger partial charge on any atom is 0.254 e. The molecule has 0 saturated carbocycles. The van der Waals surface area contributed by atoms with E-state index < -0.39 is 15.8 Å². The monoisotopic (exact) mass is 447 g/mol. The van der Waals surface area contributed by atoms with E-state index in [4.69, 9.17) is 0 Å². The third-order valence-corrected chi connectivity index (χ3v) is 7.44. The van der Waals surface area contributed by atoms with Gasteiger partial charge in [0, 0.05) is 50.4 Å². The average Bonchev–Trinajstić information content (AvgIpc) is 2.77. The Balaban J connectivity index is 1.69. The van der Waals surface area contributed by atoms with Crippen molar-refractivity contribution >= 4 is 21.8 Å². The summed E-state index contributed by atoms with van der Waals surface area (Å²) in [6.45, 7) is 4.80. The van der Waals surface area contributed by atoms with E-state index in [0.717, 1.165) is 0 Å². The number of sulfonamides is 1. The van der Waals surface area contributed by atoms with E-state index >= 15 is 0 Å². The predicted molar refractivity (Wildman–Crippen MR) is 115 cm³/mol. The summed E-state index contributed by atoms with van der Waals surface area (Å²) in [5, 5.41) is 0. The molecule has 0 radical (unpaired) electrons. The van der Waals surface area contributed by atoms with Crippen LogP contribution in [0.4, 0.5) is 4.39 Å². The Morgan fingerprint density at radius 1 is 0.903 bits per heavy atom. The summed E-state index contributed by atoms with van der Waals surface area (Å²) in [5.41, 5.74) is 0.551. The summed E-state index contributed by atoms with van der Waals surface area (Å²) in [6.07, 6.45) is 0. The smallest absolute Gasteiger partial charge is 0.254 e. The number of nitrogens with zero attached hydrogens (tertiary/aromatic N) is 3. The number of carbonyl (C=O) groups excluding carboxylic acids is 2. The first kappa shape index (κ1) is 22.9. The van der Waals surface area contributed by atoms with E-state index in [-0.39, 0.29) is 33.9 Å². The average molecular weight is 448 g/mol. The minimum Gasteiger partial charge on any atom is -0.335 e. The van der Waals surface area contributed by atoms with Crippen LogP contribution in [0.25, 0.3) is 0 Å². The van der Waals surface area contributed by atoms with Gasteiger partial charge in [-0.3, -0.25) is 9.59 Å². The Labute approximate surface area is 182 Å². The molecule has 0 bridgehead atoms. The third-order valence-electron chi connectivity index (χ3n) is 5.41. The number of rotatable bonds is 5. The maximum atomic E-state index is 13.4. The second kappa shape index (κ2) is 9.15. The molecule has 1 saturated heterocycles. The van der Waals surface area contributed by atoms with Crippen LogP contribution in [0.15, 0.2) is 53.4 Å². The Bertz CT molecular complexity index is 1080. The molecule has 0 spiro atoms. The standard InChI is InChI=1S/C22H26FN3O4S/c1-16(2)24(3)31(29,30)20-9-5-7-18(15-20)22(28)26-12-10-25(11-13-26)21(27)17-6-4-8-19(23)14-17/h4-9,14-16H,10-13H2,1-3H3. The maximum absolute atomic E-state index is 13.4. The van der Waals surface area contributed by atoms with Gasteiger partial charge in [-0.1, -0.05) is 12.1 Å². The van der Waals surface area contributed by atoms with Crippen LogP contribution in [0.1, 0.15) is 34.6 Å². The van der Waals surface area contributed by atoms with Gasteiger partial charge in [-0.15, -0.1) is 0 Å². The third kappa shape index (κ3) is 4.94. The van der Waals surface area contributed by atoms with E-state index in [1.54, 1.807) is 41.8 Å². The first-order valence-corrected chi connectivity index (χ1v) is 11.5. The van der Waals surface area contributed by atoms with Crippen LogP contribution in [-0.2, 0) is 10.0 Å². The summed E-state index contributed by atoms with van der Waals surface area (Å²) >= 11 is 0. The highest BCUT2D eigenvalue weighted by Crippen LogP contribution is 2.19. The molecule has 3 rings (SSSR count). The minimum absolute atomic E-state index is 0.0643. The molecule has 2 aromatic carbocycles. The molecular weight excluding hydrogens is 421 g/mol. The molecule has 7 nitrogen and oxygen atoms in total. The molecule has 1 fully saturated rings. The van der Waals surface area contributed by atoms with Gasteiger partial charge in [0.05, 0.1) is 4.90 Å². The summed E-state index contributed by atoms with van der Waals surface area (Å²) in [4.78, 5) is 28.7. The lowest BCUT2D eigenvalue weighted by Crippen LogP contribution is -2.50. The van der Waals surface area contributed by atoms with E-state index in [2.05, 4.69) is 0 Å². The van der Waals surface area contributed by atoms with Crippen molar-refractivity contribution in [3.05, 3.63) is 65.5 Å². The van der Waals surface area contributed by atoms with Crippen LogP contribution >= 0.6 is 0 Å². The molecule has 1 aliphatic rings. The van der Waals surface area contributed by atoms with Gasteiger partial charge in [-0.2, -0.15) is 4.31 Å². The summed E-state index contributed by atoms with van der Waals surface area (Å²) < 4.78 is 40.1. The second-order valence-electron chi connectivity index (χ2n) is 7.74. The van der Waals surface area contributed by atoms with E-state index in [1.165, 1.54) is 41.7 Å². The molecule has 166 valence electrons. The lowest BCUT2D eigenvalue weighted by atomic mass is 10.1. The van der Waals surface area contributed by atoms with Crippen molar-refractivity contribution in [1.82, 2.24) is 14.1 Å². The van der Waals surface area contributed by atoms with Crippen molar-refractivity contribution in [3.63, 3.8) is 0 Å². The molecule has 1 aliphatic heterocycles. The number of piperazine rings is 1. The molecule has 2 aromatic rings. The van der Waals surface area contributed by atoms with Gasteiger partial charge >= 0.3 is 0 Å². The highest BCUT2D eigenvalue weighted by Gasteiger charge is 2.28. The fraction of sp³-hybridized carbons (Fsp3) is 0.364. The van der Waals surface area contributed by atoms with Crippen molar-refractivity contribution in [3.8, 4) is 0 Å². The van der Waals surface area contributed by atoms with Gasteiger partial charge in [-0.25, -0.2) is 12.8 Å². The highest BCUT2D eigenvalue weighted by molar-refractivity contribution is 7.89. The van der Waals surface area contributed by atoms with Crippen molar-refractivity contribution in [2.24, 2.45) is 0 Å². The quantitative estimate of drug-likeness (QED) is 0.706. The normalized spacial score (nSPS) is 14.9. The van der Waals surface area contributed by atoms with Crippen molar-refractivity contribution in [2.45, 2.75) is 24.8 Å². The number of carbonyl (C=O) groups is 2. The lowest BCUT2D eigenvalue weighted by molar-refractivity contribution is 0.0535. The lowest BCUT2D eigenvalue weighted by Gasteiger charge is -2.35. The molecule has 1 heterocycles. The minimum atomic E-state index is -3.70. The summed E-state index contributed by atoms with van der Waals surface area (Å²) in [6, 6.07) is 11.3. The first-order chi connectivity index (χ1) is 14.6. The highest BCUT2D eigenvalue weighted by atomic mass is 32.2. The number of amides is 2. The zero-order valence-electron chi connectivity index (χ0n) is 17.8. The van der Waals surface area contributed by atoms with Gasteiger partial charge in [-0.05, 0) is 50.2 Å². The van der Waals surface area contributed by atoms with Gasteiger partial charge < -0.3 is 9.80 Å². The largest absolute Gasteiger partial charge is 0.335 e. The zero-order chi connectivity index (χ0) is 22.8. The summed E-state index contributed by atoms with van der Waals surface area (Å²) in [7, 11) is -2.20. The first-order valence-electron chi connectivity index (χ1n) is 10.0. The number of hydrogen-bond donors (Lipinski definition) is 0. The van der Waals surface area contributed by atoms with E-state index in [1.807, 2.05) is 0 Å². The summed E-state index contributed by atoms with van der Waals surface area (Å²) in [5.74, 6) is -1.05. The molecule has 2 amide bonds. The fourth-order valence-corrected chi connectivity index (χ4v) is 4.75. The van der Waals surface area contributed by atoms with Crippen molar-refractivity contribution in [2.75, 3.05) is 33.2 Å². The molecule has 0 aliphatic carbocycles. The Hall–Kier alpha value is -2.78. The van der Waals surface area contributed by atoms with Crippen molar-refractivity contribution in [1.29, 1.82) is 0 Å². The predicted octanol–water partition coefficient (Wildman–Crippen LogP) is 2.45. The second-order valence-corrected chi connectivity index (χ2v) is 9.74. The number of halogens is 1. The molecule has 9 heteroatoms. The number of benzene rings is 2. The molecule has 0 aromatic heterocycles. The van der Waals surface area contributed by atoms with E-state index in [9.17, 15) is 22.4 Å². The molecule has 31 heavy (non-hydrogen) atoms. The topological polar surface area (TPSA) is 78.0 Å². The molecule has 0 N–H and O–H groups in total. The Morgan fingerprint density at radius 2 is 1.39 bits per heavy atom. The van der Waals surface area contributed by atoms with Crippen LogP contribution in [-0.4, -0.2) is 73.6 Å². The fourth-order valence-electron chi connectivity index (χ4n) is 3.33. The molecule has 0 unspecified atom stereocenters. The van der Waals surface area contributed by atoms with Gasteiger partial charge in [0.1, 0.15) is 5.82 Å². The van der Waals surface area contributed by atoms with Crippen LogP contribution in [0.3, 0.4) is 0 Å². The molecular formula is C22H26FN3O4S. The Morgan fingerprint density at radius 3 is 1.87 bits per heavy atom. The van der Waals surface area contributed by atoms with Crippen molar-refractivity contribution < 1.29 is 22.4 Å². The van der Waals surface area contributed by atoms with Gasteiger partial charge in [0.25, 0.3) is 11.8 Å². The van der Waals surface area contributed by atoms with Crippen LogP contribution in [0.2, 0.25) is 0 Å². The zero-order valence-corrected chi connectivity index (χ0v) is 18.6. The van der Waals surface area contributed by atoms with Crippen LogP contribution < -0.4 is 0 Å². The van der Waals surface area contributed by atoms with Crippen LogP contribution in [0, 0.1) is 5.82 Å². The Kier molecular flexibility index (Phi) is 6.76. The van der Waals surface area contributed by atoms with Gasteiger partial charge in [0.2, 0.25) is 10.0 Å². The molecule has 0 atom stereocenters.